The molecule has 2 aliphatic rings. The molecule has 0 unspecified atom stereocenters. The van der Waals surface area contributed by atoms with E-state index in [9.17, 15) is 14.7 Å². The zero-order valence-electron chi connectivity index (χ0n) is 16.2. The fourth-order valence-electron chi connectivity index (χ4n) is 4.10. The fourth-order valence-corrected chi connectivity index (χ4v) is 4.10. The maximum absolute atomic E-state index is 12.4. The second-order valence-electron chi connectivity index (χ2n) is 7.39. The van der Waals surface area contributed by atoms with Crippen LogP contribution < -0.4 is 16.6 Å². The van der Waals surface area contributed by atoms with E-state index in [1.807, 2.05) is 6.92 Å². The summed E-state index contributed by atoms with van der Waals surface area (Å²) >= 11 is 0. The number of nitrogens with zero attached hydrogens (tertiary/aromatic N) is 3. The highest BCUT2D eigenvalue weighted by Crippen LogP contribution is 2.30. The molecule has 0 bridgehead atoms. The molecule has 0 spiro atoms. The maximum atomic E-state index is 12.4. The molecule has 0 radical (unpaired) electrons. The molecule has 8 heteroatoms. The molecule has 0 amide bonds. The predicted molar refractivity (Wildman–Crippen MR) is 106 cm³/mol. The Labute approximate surface area is 159 Å². The molecule has 1 aromatic rings. The van der Waals surface area contributed by atoms with Crippen LogP contribution in [-0.4, -0.2) is 64.5 Å². The fraction of sp³-hybridized carbons (Fsp3) is 0.737. The summed E-state index contributed by atoms with van der Waals surface area (Å²) in [5, 5.41) is 14.1. The van der Waals surface area contributed by atoms with Gasteiger partial charge in [0, 0.05) is 38.8 Å². The molecule has 8 nitrogen and oxygen atoms in total. The molecule has 1 saturated heterocycles. The average Bonchev–Trinajstić information content (AvgIpc) is 2.68. The van der Waals surface area contributed by atoms with E-state index < -0.39 is 11.2 Å². The van der Waals surface area contributed by atoms with Crippen LogP contribution in [0.2, 0.25) is 0 Å². The topological polar surface area (TPSA) is 103 Å². The predicted octanol–water partition coefficient (Wildman–Crippen LogP) is 0.852. The van der Waals surface area contributed by atoms with Crippen molar-refractivity contribution in [1.29, 1.82) is 0 Å². The van der Waals surface area contributed by atoms with Gasteiger partial charge in [-0.15, -0.1) is 0 Å². The number of aromatic amines is 1. The van der Waals surface area contributed by atoms with Crippen molar-refractivity contribution in [2.45, 2.75) is 51.5 Å². The van der Waals surface area contributed by atoms with Gasteiger partial charge in [0.15, 0.2) is 0 Å². The normalized spacial score (nSPS) is 20.1. The van der Waals surface area contributed by atoms with Crippen molar-refractivity contribution < 1.29 is 5.11 Å². The lowest BCUT2D eigenvalue weighted by molar-refractivity contribution is 0.247. The summed E-state index contributed by atoms with van der Waals surface area (Å²) in [6.45, 7) is 7.27. The first-order valence-corrected chi connectivity index (χ1v) is 10.2. The first kappa shape index (κ1) is 19.8. The van der Waals surface area contributed by atoms with Gasteiger partial charge in [-0.2, -0.15) is 0 Å². The number of rotatable bonds is 6. The van der Waals surface area contributed by atoms with Crippen LogP contribution in [0.25, 0.3) is 0 Å². The summed E-state index contributed by atoms with van der Waals surface area (Å²) in [5.74, 6) is -0.224. The molecule has 1 aromatic heterocycles. The molecule has 150 valence electrons. The van der Waals surface area contributed by atoms with Crippen molar-refractivity contribution in [3.63, 3.8) is 0 Å². The molecule has 3 rings (SSSR count). The standard InChI is InChI=1S/C19H31N5O3/c1-2-15(21-10-13-23-11-8-20-9-12-23)16-17(25)22-19(27)24(18(16)26)14-6-4-3-5-7-14/h14,20,26H,2-13H2,1H3,(H,22,25,27). The van der Waals surface area contributed by atoms with Gasteiger partial charge in [0.05, 0.1) is 12.3 Å². The molecule has 1 aliphatic heterocycles. The van der Waals surface area contributed by atoms with E-state index >= 15 is 0 Å². The van der Waals surface area contributed by atoms with E-state index in [1.54, 1.807) is 0 Å². The van der Waals surface area contributed by atoms with Crippen molar-refractivity contribution in [3.05, 3.63) is 26.4 Å². The molecule has 0 aromatic carbocycles. The highest BCUT2D eigenvalue weighted by Gasteiger charge is 2.24. The molecule has 3 N–H and O–H groups in total. The average molecular weight is 377 g/mol. The minimum absolute atomic E-state index is 0.0548. The van der Waals surface area contributed by atoms with Crippen LogP contribution in [0.4, 0.5) is 0 Å². The van der Waals surface area contributed by atoms with Crippen LogP contribution in [0.3, 0.4) is 0 Å². The number of aromatic nitrogens is 2. The second kappa shape index (κ2) is 9.32. The van der Waals surface area contributed by atoms with Crippen molar-refractivity contribution in [3.8, 4) is 5.88 Å². The number of hydrogen-bond acceptors (Lipinski definition) is 6. The van der Waals surface area contributed by atoms with Gasteiger partial charge in [0.1, 0.15) is 5.56 Å². The number of H-pyrrole nitrogens is 1. The largest absolute Gasteiger partial charge is 0.494 e. The number of aliphatic imine (C=N–C) groups is 1. The van der Waals surface area contributed by atoms with E-state index in [2.05, 4.69) is 20.2 Å². The van der Waals surface area contributed by atoms with E-state index in [0.29, 0.717) is 18.7 Å². The zero-order valence-corrected chi connectivity index (χ0v) is 16.2. The zero-order chi connectivity index (χ0) is 19.2. The van der Waals surface area contributed by atoms with Gasteiger partial charge < -0.3 is 10.4 Å². The van der Waals surface area contributed by atoms with Crippen molar-refractivity contribution in [1.82, 2.24) is 19.8 Å². The molecular formula is C19H31N5O3. The number of aromatic hydroxyl groups is 1. The lowest BCUT2D eigenvalue weighted by Crippen LogP contribution is -2.44. The Bertz CT molecular complexity index is 771. The summed E-state index contributed by atoms with van der Waals surface area (Å²) in [6.07, 6.45) is 5.44. The SMILES string of the molecule is CCC(=NCCN1CCNCC1)c1c(O)n(C2CCCCC2)c(=O)[nH]c1=O. The summed E-state index contributed by atoms with van der Waals surface area (Å²) in [6, 6.07) is -0.0548. The smallest absolute Gasteiger partial charge is 0.331 e. The second-order valence-corrected chi connectivity index (χ2v) is 7.39. The summed E-state index contributed by atoms with van der Waals surface area (Å²) < 4.78 is 1.37. The molecule has 0 atom stereocenters. The summed E-state index contributed by atoms with van der Waals surface area (Å²) in [4.78, 5) is 34.1. The van der Waals surface area contributed by atoms with Crippen LogP contribution in [0.15, 0.2) is 14.6 Å². The first-order chi connectivity index (χ1) is 13.1. The Morgan fingerprint density at radius 1 is 1.19 bits per heavy atom. The van der Waals surface area contributed by atoms with Crippen LogP contribution >= 0.6 is 0 Å². The highest BCUT2D eigenvalue weighted by molar-refractivity contribution is 6.01. The van der Waals surface area contributed by atoms with Crippen molar-refractivity contribution in [2.24, 2.45) is 4.99 Å². The van der Waals surface area contributed by atoms with Gasteiger partial charge in [0.25, 0.3) is 5.56 Å². The Morgan fingerprint density at radius 2 is 1.89 bits per heavy atom. The van der Waals surface area contributed by atoms with Crippen molar-refractivity contribution >= 4 is 5.71 Å². The molecule has 27 heavy (non-hydrogen) atoms. The minimum Gasteiger partial charge on any atom is -0.494 e. The third-order valence-corrected chi connectivity index (χ3v) is 5.61. The summed E-state index contributed by atoms with van der Waals surface area (Å²) in [7, 11) is 0. The lowest BCUT2D eigenvalue weighted by atomic mass is 9.95. The highest BCUT2D eigenvalue weighted by atomic mass is 16.3. The molecular weight excluding hydrogens is 346 g/mol. The van der Waals surface area contributed by atoms with Crippen molar-refractivity contribution in [2.75, 3.05) is 39.3 Å². The minimum atomic E-state index is -0.549. The van der Waals surface area contributed by atoms with Gasteiger partial charge in [-0.05, 0) is 19.3 Å². The number of hydrogen-bond donors (Lipinski definition) is 3. The Morgan fingerprint density at radius 3 is 2.56 bits per heavy atom. The third-order valence-electron chi connectivity index (χ3n) is 5.61. The van der Waals surface area contributed by atoms with Crippen LogP contribution in [0.5, 0.6) is 5.88 Å². The Hall–Kier alpha value is -1.93. The van der Waals surface area contributed by atoms with E-state index in [1.165, 1.54) is 4.57 Å². The monoisotopic (exact) mass is 377 g/mol. The van der Waals surface area contributed by atoms with Gasteiger partial charge in [-0.3, -0.25) is 24.2 Å². The number of piperazine rings is 1. The lowest BCUT2D eigenvalue weighted by Gasteiger charge is -2.26. The number of nitrogens with one attached hydrogen (secondary N) is 2. The third kappa shape index (κ3) is 4.68. The Kier molecular flexibility index (Phi) is 6.84. The molecule has 1 aliphatic carbocycles. The maximum Gasteiger partial charge on any atom is 0.331 e. The van der Waals surface area contributed by atoms with Crippen LogP contribution in [0.1, 0.15) is 57.1 Å². The molecule has 2 fully saturated rings. The van der Waals surface area contributed by atoms with Gasteiger partial charge >= 0.3 is 5.69 Å². The van der Waals surface area contributed by atoms with Gasteiger partial charge in [0.2, 0.25) is 5.88 Å². The van der Waals surface area contributed by atoms with E-state index in [0.717, 1.165) is 64.8 Å². The van der Waals surface area contributed by atoms with Gasteiger partial charge in [-0.25, -0.2) is 4.79 Å². The first-order valence-electron chi connectivity index (χ1n) is 10.2. The summed E-state index contributed by atoms with van der Waals surface area (Å²) in [5.41, 5.74) is -0.354. The van der Waals surface area contributed by atoms with Crippen LogP contribution in [0, 0.1) is 0 Å². The van der Waals surface area contributed by atoms with Gasteiger partial charge in [-0.1, -0.05) is 26.2 Å². The van der Waals surface area contributed by atoms with E-state index in [4.69, 9.17) is 0 Å². The molecule has 2 heterocycles. The Balaban J connectivity index is 1.85. The van der Waals surface area contributed by atoms with E-state index in [-0.39, 0.29) is 17.5 Å². The van der Waals surface area contributed by atoms with Crippen LogP contribution in [-0.2, 0) is 0 Å². The molecule has 1 saturated carbocycles. The quantitative estimate of drug-likeness (QED) is 0.638.